The van der Waals surface area contributed by atoms with Crippen molar-refractivity contribution in [3.8, 4) is 0 Å². The largest absolute Gasteiger partial charge is 0.290 e. The molecular formula is C24H42O2P2. The third kappa shape index (κ3) is 6.88. The summed E-state index contributed by atoms with van der Waals surface area (Å²) in [5.41, 5.74) is 1.47. The summed E-state index contributed by atoms with van der Waals surface area (Å²) in [6.07, 6.45) is 4.67. The highest BCUT2D eigenvalue weighted by Gasteiger charge is 2.39. The Morgan fingerprint density at radius 2 is 0.821 bits per heavy atom. The van der Waals surface area contributed by atoms with Crippen LogP contribution in [-0.4, -0.2) is 44.5 Å². The Morgan fingerprint density at radius 1 is 0.571 bits per heavy atom. The van der Waals surface area contributed by atoms with Gasteiger partial charge in [0, 0.05) is 11.1 Å². The van der Waals surface area contributed by atoms with Gasteiger partial charge in [-0.25, -0.2) is 0 Å². The van der Waals surface area contributed by atoms with E-state index in [-0.39, 0.29) is 32.2 Å². The van der Waals surface area contributed by atoms with Crippen LogP contribution < -0.4 is 0 Å². The molecule has 1 aliphatic rings. The van der Waals surface area contributed by atoms with Gasteiger partial charge in [0.15, 0.2) is 11.6 Å². The van der Waals surface area contributed by atoms with Gasteiger partial charge in [0.25, 0.3) is 0 Å². The van der Waals surface area contributed by atoms with Crippen molar-refractivity contribution in [3.05, 3.63) is 23.3 Å². The number of Topliss-reactive ketones (excluding diaryl/α,β-unsaturated/α-hetero) is 1. The lowest BCUT2D eigenvalue weighted by Crippen LogP contribution is -2.31. The third-order valence-electron chi connectivity index (χ3n) is 5.11. The zero-order chi connectivity index (χ0) is 22.3. The lowest BCUT2D eigenvalue weighted by atomic mass is 9.98. The first-order valence-electron chi connectivity index (χ1n) is 10.3. The van der Waals surface area contributed by atoms with E-state index in [4.69, 9.17) is 0 Å². The van der Waals surface area contributed by atoms with E-state index >= 15 is 0 Å². The zero-order valence-electron chi connectivity index (χ0n) is 20.3. The van der Waals surface area contributed by atoms with E-state index in [9.17, 15) is 9.59 Å². The standard InChI is InChI=1S/C24H42O2P2/c1-21(2,3)27(22(4,5)6)15-17-13-19(25)14-18(20(17)26)16-28(23(7,8)9)24(10,11)12/h13-14H,15-16H2,1-12H3. The molecule has 2 nitrogen and oxygen atoms in total. The second-order valence-electron chi connectivity index (χ2n) is 11.9. The summed E-state index contributed by atoms with van der Waals surface area (Å²) in [6, 6.07) is 0. The summed E-state index contributed by atoms with van der Waals surface area (Å²) in [7, 11) is -0.918. The number of allylic oxidation sites excluding steroid dienone is 4. The molecule has 0 amide bonds. The van der Waals surface area contributed by atoms with Crippen molar-refractivity contribution in [1.82, 2.24) is 0 Å². The fourth-order valence-electron chi connectivity index (χ4n) is 4.26. The molecule has 0 saturated heterocycles. The molecule has 0 aliphatic heterocycles. The van der Waals surface area contributed by atoms with Crippen LogP contribution in [0.25, 0.3) is 0 Å². The molecule has 0 bridgehead atoms. The molecule has 28 heavy (non-hydrogen) atoms. The minimum atomic E-state index is -0.459. The normalized spacial score (nSPS) is 17.4. The first-order valence-corrected chi connectivity index (χ1v) is 13.4. The summed E-state index contributed by atoms with van der Waals surface area (Å²) < 4.78 is 0. The highest BCUT2D eigenvalue weighted by Crippen LogP contribution is 2.62. The second-order valence-corrected chi connectivity index (χ2v) is 19.6. The minimum Gasteiger partial charge on any atom is -0.290 e. The first-order chi connectivity index (χ1) is 12.2. The van der Waals surface area contributed by atoms with Gasteiger partial charge in [-0.3, -0.25) is 9.59 Å². The molecule has 0 unspecified atom stereocenters. The maximum absolute atomic E-state index is 13.4. The van der Waals surface area contributed by atoms with Crippen LogP contribution >= 0.6 is 15.8 Å². The Balaban J connectivity index is 3.21. The number of ketones is 2. The van der Waals surface area contributed by atoms with Crippen molar-refractivity contribution in [1.29, 1.82) is 0 Å². The Labute approximate surface area is 176 Å². The van der Waals surface area contributed by atoms with Gasteiger partial charge in [-0.05, 0) is 45.1 Å². The van der Waals surface area contributed by atoms with Crippen LogP contribution in [0.3, 0.4) is 0 Å². The molecule has 0 heterocycles. The van der Waals surface area contributed by atoms with E-state index in [2.05, 4.69) is 83.1 Å². The van der Waals surface area contributed by atoms with E-state index in [1.807, 2.05) is 0 Å². The molecule has 0 aromatic rings. The van der Waals surface area contributed by atoms with Crippen molar-refractivity contribution in [2.24, 2.45) is 0 Å². The molecule has 4 heteroatoms. The summed E-state index contributed by atoms with van der Waals surface area (Å²) in [4.78, 5) is 25.9. The predicted molar refractivity (Wildman–Crippen MR) is 129 cm³/mol. The van der Waals surface area contributed by atoms with Crippen LogP contribution in [0, 0.1) is 0 Å². The molecule has 160 valence electrons. The molecule has 0 saturated carbocycles. The van der Waals surface area contributed by atoms with Crippen molar-refractivity contribution in [2.45, 2.75) is 104 Å². The van der Waals surface area contributed by atoms with E-state index < -0.39 is 15.8 Å². The maximum atomic E-state index is 13.4. The van der Waals surface area contributed by atoms with Gasteiger partial charge in [-0.15, -0.1) is 0 Å². The van der Waals surface area contributed by atoms with Crippen molar-refractivity contribution in [3.63, 3.8) is 0 Å². The molecule has 1 aliphatic carbocycles. The number of rotatable bonds is 4. The van der Waals surface area contributed by atoms with E-state index in [0.717, 1.165) is 23.5 Å². The molecule has 0 spiro atoms. The fourth-order valence-corrected chi connectivity index (χ4v) is 11.3. The smallest absolute Gasteiger partial charge is 0.185 e. The quantitative estimate of drug-likeness (QED) is 0.355. The lowest BCUT2D eigenvalue weighted by Gasteiger charge is -2.43. The molecule has 0 aromatic carbocycles. The molecule has 0 radical (unpaired) electrons. The minimum absolute atomic E-state index is 0.0138. The Bertz CT molecular complexity index is 587. The molecule has 1 rings (SSSR count). The monoisotopic (exact) mass is 424 g/mol. The fraction of sp³-hybridized carbons (Fsp3) is 0.750. The van der Waals surface area contributed by atoms with Gasteiger partial charge in [-0.2, -0.15) is 0 Å². The highest BCUT2D eigenvalue weighted by molar-refractivity contribution is 7.61. The SMILES string of the molecule is CC(C)(C)P(CC1=CC(=O)C=C(CP(C(C)(C)C)C(C)(C)C)C1=O)C(C)(C)C. The number of hydrogen-bond acceptors (Lipinski definition) is 2. The Kier molecular flexibility index (Phi) is 7.74. The maximum Gasteiger partial charge on any atom is 0.185 e. The van der Waals surface area contributed by atoms with Crippen molar-refractivity contribution < 1.29 is 9.59 Å². The van der Waals surface area contributed by atoms with Crippen LogP contribution in [0.1, 0.15) is 83.1 Å². The van der Waals surface area contributed by atoms with Crippen LogP contribution in [0.4, 0.5) is 0 Å². The van der Waals surface area contributed by atoms with E-state index in [1.54, 1.807) is 12.2 Å². The van der Waals surface area contributed by atoms with E-state index in [1.165, 1.54) is 0 Å². The van der Waals surface area contributed by atoms with Crippen LogP contribution in [-0.2, 0) is 9.59 Å². The Morgan fingerprint density at radius 3 is 1.04 bits per heavy atom. The number of hydrogen-bond donors (Lipinski definition) is 0. The van der Waals surface area contributed by atoms with Crippen LogP contribution in [0.2, 0.25) is 0 Å². The first kappa shape index (κ1) is 25.7. The predicted octanol–water partition coefficient (Wildman–Crippen LogP) is 7.15. The van der Waals surface area contributed by atoms with Gasteiger partial charge in [0.05, 0.1) is 0 Å². The zero-order valence-corrected chi connectivity index (χ0v) is 22.1. The average Bonchev–Trinajstić information content (AvgIpc) is 2.40. The molecular weight excluding hydrogens is 382 g/mol. The van der Waals surface area contributed by atoms with Crippen molar-refractivity contribution >= 4 is 27.4 Å². The van der Waals surface area contributed by atoms with Gasteiger partial charge in [0.1, 0.15) is 0 Å². The summed E-state index contributed by atoms with van der Waals surface area (Å²) >= 11 is 0. The number of carbonyl (C=O) groups is 2. The molecule has 0 aromatic heterocycles. The second kappa shape index (κ2) is 8.43. The summed E-state index contributed by atoms with van der Waals surface area (Å²) in [5, 5.41) is 0.510. The van der Waals surface area contributed by atoms with Gasteiger partial charge < -0.3 is 0 Å². The number of carbonyl (C=O) groups excluding carboxylic acids is 2. The van der Waals surface area contributed by atoms with Crippen molar-refractivity contribution in [2.75, 3.05) is 12.3 Å². The topological polar surface area (TPSA) is 34.1 Å². The molecule has 0 N–H and O–H groups in total. The molecule has 0 fully saturated rings. The summed E-state index contributed by atoms with van der Waals surface area (Å²) in [5.74, 6) is 0.0988. The Hall–Kier alpha value is -0.320. The summed E-state index contributed by atoms with van der Waals surface area (Å²) in [6.45, 7) is 27.1. The molecule has 0 atom stereocenters. The van der Waals surface area contributed by atoms with Gasteiger partial charge in [0.2, 0.25) is 0 Å². The average molecular weight is 425 g/mol. The van der Waals surface area contributed by atoms with Crippen LogP contribution in [0.15, 0.2) is 23.3 Å². The van der Waals surface area contributed by atoms with E-state index in [0.29, 0.717) is 0 Å². The third-order valence-corrected chi connectivity index (χ3v) is 12.9. The van der Waals surface area contributed by atoms with Gasteiger partial charge >= 0.3 is 0 Å². The van der Waals surface area contributed by atoms with Gasteiger partial charge in [-0.1, -0.05) is 98.9 Å². The van der Waals surface area contributed by atoms with Crippen LogP contribution in [0.5, 0.6) is 0 Å². The lowest BCUT2D eigenvalue weighted by molar-refractivity contribution is -0.115. The highest BCUT2D eigenvalue weighted by atomic mass is 31.1.